The lowest BCUT2D eigenvalue weighted by Crippen LogP contribution is -2.54. The molecule has 5 aromatic rings. The standard InChI is InChI=1S/C42H42F2N10O6S/c1-23(2)53-24(3)47-38-28(43)17-26(18-31(38)53)37-29(44)20-46-42(50-37)48-33-9-7-25(19-45-33)21-51-11-13-52(14-12-51)35(56)22-60-15-16-61-32-6-4-5-27-36(32)41(59)54(40(27)58)30-8-10-34(55)49-39(30)57/h4-7,9,17-20,23,30H,8,10-16,21-22H2,1-3H3,(H,49,55,57)(H,45,46,48,50). The number of rotatable bonds is 13. The summed E-state index contributed by atoms with van der Waals surface area (Å²) in [6.45, 7) is 8.85. The number of carbonyl (C=O) groups is 5. The predicted octanol–water partition coefficient (Wildman–Crippen LogP) is 4.65. The molecule has 0 radical (unpaired) electrons. The number of anilines is 2. The number of hydrogen-bond donors (Lipinski definition) is 2. The molecule has 0 aliphatic carbocycles. The number of halogens is 2. The zero-order chi connectivity index (χ0) is 42.9. The maximum Gasteiger partial charge on any atom is 0.263 e. The van der Waals surface area contributed by atoms with Crippen molar-refractivity contribution in [3.05, 3.63) is 89.0 Å². The highest BCUT2D eigenvalue weighted by molar-refractivity contribution is 7.99. The van der Waals surface area contributed by atoms with Crippen molar-refractivity contribution in [3.63, 3.8) is 0 Å². The van der Waals surface area contributed by atoms with Gasteiger partial charge in [0, 0.05) is 67.6 Å². The van der Waals surface area contributed by atoms with Gasteiger partial charge >= 0.3 is 0 Å². The first-order valence-corrected chi connectivity index (χ1v) is 20.8. The minimum Gasteiger partial charge on any atom is -0.371 e. The summed E-state index contributed by atoms with van der Waals surface area (Å²) in [4.78, 5) is 86.1. The Balaban J connectivity index is 0.783. The lowest BCUT2D eigenvalue weighted by Gasteiger charge is -2.34. The first-order valence-electron chi connectivity index (χ1n) is 19.8. The molecule has 2 saturated heterocycles. The number of imide groups is 2. The third kappa shape index (κ3) is 8.58. The Bertz CT molecular complexity index is 2560. The number of pyridine rings is 1. The first kappa shape index (κ1) is 41.5. The monoisotopic (exact) mass is 852 g/mol. The van der Waals surface area contributed by atoms with Crippen molar-refractivity contribution in [1.82, 2.24) is 44.5 Å². The zero-order valence-corrected chi connectivity index (χ0v) is 34.4. The number of nitrogens with one attached hydrogen (secondary N) is 2. The SMILES string of the molecule is Cc1nc2c(F)cc(-c3nc(Nc4ccc(CN5CCN(C(=O)COCCSc6cccc7c6C(=O)N(C6CCC(=O)NC6=O)C7=O)CC5)cn4)ncc3F)cc2n1C(C)C. The number of hydrogen-bond acceptors (Lipinski definition) is 13. The fraction of sp³-hybridized carbons (Fsp3) is 0.357. The third-order valence-electron chi connectivity index (χ3n) is 10.8. The second-order valence-electron chi connectivity index (χ2n) is 15.2. The minimum atomic E-state index is -1.04. The number of piperazine rings is 1. The lowest BCUT2D eigenvalue weighted by atomic mass is 10.0. The van der Waals surface area contributed by atoms with E-state index >= 15 is 8.78 Å². The molecule has 2 fully saturated rings. The van der Waals surface area contributed by atoms with E-state index in [1.165, 1.54) is 17.8 Å². The lowest BCUT2D eigenvalue weighted by molar-refractivity contribution is -0.138. The van der Waals surface area contributed by atoms with E-state index in [2.05, 4.69) is 35.5 Å². The van der Waals surface area contributed by atoms with Crippen LogP contribution < -0.4 is 10.6 Å². The van der Waals surface area contributed by atoms with Crippen molar-refractivity contribution in [2.45, 2.75) is 57.1 Å². The Labute approximate surface area is 353 Å². The largest absolute Gasteiger partial charge is 0.371 e. The molecule has 8 rings (SSSR count). The highest BCUT2D eigenvalue weighted by Gasteiger charge is 2.45. The van der Waals surface area contributed by atoms with Crippen LogP contribution in [0.5, 0.6) is 0 Å². The highest BCUT2D eigenvalue weighted by Crippen LogP contribution is 2.35. The van der Waals surface area contributed by atoms with Crippen molar-refractivity contribution >= 4 is 64.1 Å². The van der Waals surface area contributed by atoms with Gasteiger partial charge in [0.05, 0.1) is 29.4 Å². The molecule has 3 aliphatic heterocycles. The molecule has 0 saturated carbocycles. The smallest absolute Gasteiger partial charge is 0.263 e. The van der Waals surface area contributed by atoms with Gasteiger partial charge in [-0.1, -0.05) is 12.1 Å². The van der Waals surface area contributed by atoms with Gasteiger partial charge in [-0.15, -0.1) is 11.8 Å². The number of piperidine rings is 1. The van der Waals surface area contributed by atoms with Crippen molar-refractivity contribution in [2.75, 3.05) is 50.5 Å². The molecular weight excluding hydrogens is 811 g/mol. The number of imidazole rings is 1. The molecule has 2 aromatic carbocycles. The van der Waals surface area contributed by atoms with Crippen LogP contribution in [0.15, 0.2) is 59.8 Å². The van der Waals surface area contributed by atoms with E-state index in [0.29, 0.717) is 60.5 Å². The molecule has 3 aliphatic rings. The van der Waals surface area contributed by atoms with E-state index in [9.17, 15) is 24.0 Å². The summed E-state index contributed by atoms with van der Waals surface area (Å²) in [7, 11) is 0. The summed E-state index contributed by atoms with van der Waals surface area (Å²) in [6.07, 6.45) is 2.88. The Morgan fingerprint density at radius 2 is 1.79 bits per heavy atom. The fourth-order valence-corrected chi connectivity index (χ4v) is 8.81. The summed E-state index contributed by atoms with van der Waals surface area (Å²) >= 11 is 1.32. The van der Waals surface area contributed by atoms with Crippen molar-refractivity contribution in [3.8, 4) is 11.3 Å². The zero-order valence-electron chi connectivity index (χ0n) is 33.6. The van der Waals surface area contributed by atoms with E-state index in [1.54, 1.807) is 48.4 Å². The van der Waals surface area contributed by atoms with Gasteiger partial charge in [0.2, 0.25) is 23.7 Å². The van der Waals surface area contributed by atoms with E-state index in [0.717, 1.165) is 16.7 Å². The molecule has 61 heavy (non-hydrogen) atoms. The van der Waals surface area contributed by atoms with Gasteiger partial charge in [0.15, 0.2) is 11.6 Å². The molecule has 1 unspecified atom stereocenters. The molecule has 5 amide bonds. The topological polar surface area (TPSA) is 185 Å². The van der Waals surface area contributed by atoms with Crippen molar-refractivity contribution < 1.29 is 37.5 Å². The normalized spacial score (nSPS) is 17.1. The number of ether oxygens (including phenoxy) is 1. The quantitative estimate of drug-likeness (QED) is 0.0949. The summed E-state index contributed by atoms with van der Waals surface area (Å²) in [5.41, 5.74) is 2.36. The average Bonchev–Trinajstić information content (AvgIpc) is 3.71. The molecule has 19 heteroatoms. The Kier molecular flexibility index (Phi) is 11.9. The van der Waals surface area contributed by atoms with Crippen LogP contribution in [-0.2, 0) is 25.7 Å². The second-order valence-corrected chi connectivity index (χ2v) is 16.3. The maximum absolute atomic E-state index is 15.1. The Hall–Kier alpha value is -6.18. The molecular formula is C42H42F2N10O6S. The van der Waals surface area contributed by atoms with Crippen molar-refractivity contribution in [2.24, 2.45) is 0 Å². The highest BCUT2D eigenvalue weighted by atomic mass is 32.2. The number of fused-ring (bicyclic) bond motifs is 2. The van der Waals surface area contributed by atoms with Gasteiger partial charge in [-0.05, 0) is 63.1 Å². The molecule has 2 N–H and O–H groups in total. The van der Waals surface area contributed by atoms with Crippen molar-refractivity contribution in [1.29, 1.82) is 0 Å². The van der Waals surface area contributed by atoms with Crippen LogP contribution in [0.25, 0.3) is 22.3 Å². The van der Waals surface area contributed by atoms with Crippen LogP contribution in [0.3, 0.4) is 0 Å². The van der Waals surface area contributed by atoms with Crippen LogP contribution in [0.1, 0.15) is 64.8 Å². The first-order chi connectivity index (χ1) is 29.4. The van der Waals surface area contributed by atoms with Crippen LogP contribution in [0.2, 0.25) is 0 Å². The number of nitrogens with zero attached hydrogens (tertiary/aromatic N) is 8. The number of benzene rings is 2. The van der Waals surface area contributed by atoms with Crippen LogP contribution >= 0.6 is 11.8 Å². The molecule has 0 spiro atoms. The maximum atomic E-state index is 15.1. The molecule has 16 nitrogen and oxygen atoms in total. The van der Waals surface area contributed by atoms with E-state index in [1.807, 2.05) is 24.5 Å². The van der Waals surface area contributed by atoms with Crippen LogP contribution in [-0.4, -0.2) is 120 Å². The number of amides is 5. The fourth-order valence-electron chi connectivity index (χ4n) is 7.87. The van der Waals surface area contributed by atoms with E-state index in [4.69, 9.17) is 4.74 Å². The molecule has 6 heterocycles. The van der Waals surface area contributed by atoms with Crippen LogP contribution in [0, 0.1) is 18.6 Å². The molecule has 316 valence electrons. The molecule has 0 bridgehead atoms. The third-order valence-corrected chi connectivity index (χ3v) is 11.8. The van der Waals surface area contributed by atoms with Gasteiger partial charge in [-0.3, -0.25) is 39.1 Å². The summed E-state index contributed by atoms with van der Waals surface area (Å²) < 4.78 is 37.7. The van der Waals surface area contributed by atoms with E-state index in [-0.39, 0.29) is 71.9 Å². The molecule has 3 aromatic heterocycles. The summed E-state index contributed by atoms with van der Waals surface area (Å²) in [5, 5.41) is 5.21. The van der Waals surface area contributed by atoms with Gasteiger partial charge in [-0.25, -0.2) is 28.7 Å². The predicted molar refractivity (Wildman–Crippen MR) is 220 cm³/mol. The van der Waals surface area contributed by atoms with Gasteiger partial charge < -0.3 is 19.5 Å². The number of thioether (sulfide) groups is 1. The van der Waals surface area contributed by atoms with E-state index < -0.39 is 41.3 Å². The van der Waals surface area contributed by atoms with Gasteiger partial charge in [-0.2, -0.15) is 0 Å². The number of aromatic nitrogens is 5. The summed E-state index contributed by atoms with van der Waals surface area (Å²) in [5.74, 6) is -2.00. The average molecular weight is 853 g/mol. The van der Waals surface area contributed by atoms with Gasteiger partial charge in [0.25, 0.3) is 11.8 Å². The Morgan fingerprint density at radius 1 is 0.984 bits per heavy atom. The minimum absolute atomic E-state index is 0.0183. The number of aryl methyl sites for hydroxylation is 1. The molecule has 1 atom stereocenters. The Morgan fingerprint density at radius 3 is 2.52 bits per heavy atom. The summed E-state index contributed by atoms with van der Waals surface area (Å²) in [6, 6.07) is 10.5. The second kappa shape index (κ2) is 17.4. The van der Waals surface area contributed by atoms with Crippen LogP contribution in [0.4, 0.5) is 20.5 Å². The van der Waals surface area contributed by atoms with Gasteiger partial charge in [0.1, 0.15) is 35.5 Å². The number of carbonyl (C=O) groups excluding carboxylic acids is 5.